The van der Waals surface area contributed by atoms with Crippen LogP contribution in [0.4, 0.5) is 4.39 Å². The maximum atomic E-state index is 13.1. The lowest BCUT2D eigenvalue weighted by atomic mass is 10.1. The van der Waals surface area contributed by atoms with Gasteiger partial charge in [0.2, 0.25) is 5.88 Å². The van der Waals surface area contributed by atoms with E-state index in [4.69, 9.17) is 9.47 Å². The summed E-state index contributed by atoms with van der Waals surface area (Å²) in [5.41, 5.74) is 0.978. The zero-order chi connectivity index (χ0) is 22.3. The van der Waals surface area contributed by atoms with E-state index >= 15 is 0 Å². The number of ether oxygens (including phenoxy) is 2. The average Bonchev–Trinajstić information content (AvgIpc) is 3.20. The van der Waals surface area contributed by atoms with Crippen LogP contribution in [0.3, 0.4) is 0 Å². The zero-order valence-electron chi connectivity index (χ0n) is 18.5. The van der Waals surface area contributed by atoms with Crippen LogP contribution in [0.5, 0.6) is 11.6 Å². The van der Waals surface area contributed by atoms with Gasteiger partial charge in [0.05, 0.1) is 6.54 Å². The Morgan fingerprint density at radius 1 is 1.27 bits per heavy atom. The third-order valence-corrected chi connectivity index (χ3v) is 5.04. The van der Waals surface area contributed by atoms with Crippen LogP contribution in [0.25, 0.3) is 0 Å². The number of rotatable bonds is 7. The predicted octanol–water partition coefficient (Wildman–Crippen LogP) is 3.05. The number of methoxy groups -OCH3 is 1. The molecule has 0 saturated heterocycles. The van der Waals surface area contributed by atoms with E-state index in [0.29, 0.717) is 36.6 Å². The Morgan fingerprint density at radius 3 is 2.85 bits per heavy atom. The van der Waals surface area contributed by atoms with Crippen LogP contribution in [0.1, 0.15) is 23.6 Å². The lowest BCUT2D eigenvalue weighted by Gasteiger charge is -2.25. The number of pyridine rings is 1. The van der Waals surface area contributed by atoms with Crippen molar-refractivity contribution >= 4 is 29.9 Å². The summed E-state index contributed by atoms with van der Waals surface area (Å²) in [4.78, 5) is 13.1. The molecule has 11 heteroatoms. The summed E-state index contributed by atoms with van der Waals surface area (Å²) in [5.74, 6) is 3.06. The van der Waals surface area contributed by atoms with E-state index in [-0.39, 0.29) is 35.8 Å². The molecule has 0 bridgehead atoms. The maximum Gasteiger partial charge on any atom is 0.219 e. The first-order valence-corrected chi connectivity index (χ1v) is 10.4. The molecular weight excluding hydrogens is 540 g/mol. The second-order valence-electron chi connectivity index (χ2n) is 7.42. The molecule has 1 aliphatic heterocycles. The van der Waals surface area contributed by atoms with Gasteiger partial charge in [0.1, 0.15) is 24.0 Å². The molecule has 1 aliphatic rings. The number of nitrogens with one attached hydrogen (secondary N) is 2. The first-order chi connectivity index (χ1) is 15.6. The summed E-state index contributed by atoms with van der Waals surface area (Å²) in [6.07, 6.45) is 3.47. The van der Waals surface area contributed by atoms with Crippen molar-refractivity contribution in [3.8, 4) is 11.6 Å². The van der Waals surface area contributed by atoms with Crippen molar-refractivity contribution < 1.29 is 13.9 Å². The fourth-order valence-corrected chi connectivity index (χ4v) is 3.48. The van der Waals surface area contributed by atoms with Crippen molar-refractivity contribution in [3.63, 3.8) is 0 Å². The van der Waals surface area contributed by atoms with Gasteiger partial charge < -0.3 is 20.1 Å². The van der Waals surface area contributed by atoms with Crippen LogP contribution in [-0.2, 0) is 30.9 Å². The summed E-state index contributed by atoms with van der Waals surface area (Å²) < 4.78 is 25.8. The minimum atomic E-state index is -0.310. The largest absolute Gasteiger partial charge is 0.439 e. The first-order valence-electron chi connectivity index (χ1n) is 10.4. The van der Waals surface area contributed by atoms with Crippen molar-refractivity contribution in [3.05, 3.63) is 65.6 Å². The zero-order valence-corrected chi connectivity index (χ0v) is 20.8. The molecule has 2 N–H and O–H groups in total. The SMILES string of the molecule is CN=C(NCc1ccnc(Oc2ccc(F)cc2)c1)NC1CCc2nc(COC)nn2C1.I. The van der Waals surface area contributed by atoms with Gasteiger partial charge in [-0.15, -0.1) is 24.0 Å². The fraction of sp³-hybridized carbons (Fsp3) is 0.364. The number of benzene rings is 1. The third kappa shape index (κ3) is 6.84. The Hall–Kier alpha value is -2.80. The summed E-state index contributed by atoms with van der Waals surface area (Å²) >= 11 is 0. The van der Waals surface area contributed by atoms with Gasteiger partial charge >= 0.3 is 0 Å². The molecule has 176 valence electrons. The molecule has 3 aromatic rings. The Labute approximate surface area is 208 Å². The van der Waals surface area contributed by atoms with E-state index in [1.54, 1.807) is 32.5 Å². The molecular formula is C22H27FIN7O2. The first kappa shape index (κ1) is 24.8. The Balaban J connectivity index is 0.00000306. The van der Waals surface area contributed by atoms with E-state index in [1.165, 1.54) is 12.1 Å². The van der Waals surface area contributed by atoms with Crippen LogP contribution in [0.2, 0.25) is 0 Å². The minimum Gasteiger partial charge on any atom is -0.439 e. The highest BCUT2D eigenvalue weighted by Crippen LogP contribution is 2.20. The van der Waals surface area contributed by atoms with E-state index in [2.05, 4.69) is 30.7 Å². The van der Waals surface area contributed by atoms with E-state index in [0.717, 1.165) is 30.8 Å². The molecule has 0 amide bonds. The number of aliphatic imine (C=N–C) groups is 1. The van der Waals surface area contributed by atoms with Gasteiger partial charge in [0, 0.05) is 45.4 Å². The number of aromatic nitrogens is 4. The van der Waals surface area contributed by atoms with Crippen LogP contribution < -0.4 is 15.4 Å². The number of guanidine groups is 1. The number of nitrogens with zero attached hydrogens (tertiary/aromatic N) is 5. The van der Waals surface area contributed by atoms with Crippen molar-refractivity contribution in [1.82, 2.24) is 30.4 Å². The van der Waals surface area contributed by atoms with Gasteiger partial charge in [0.25, 0.3) is 0 Å². The fourth-order valence-electron chi connectivity index (χ4n) is 3.48. The predicted molar refractivity (Wildman–Crippen MR) is 132 cm³/mol. The molecule has 4 rings (SSSR count). The van der Waals surface area contributed by atoms with Crippen LogP contribution in [-0.4, -0.2) is 45.9 Å². The highest BCUT2D eigenvalue weighted by Gasteiger charge is 2.22. The van der Waals surface area contributed by atoms with Gasteiger partial charge in [-0.05, 0) is 42.3 Å². The quantitative estimate of drug-likeness (QED) is 0.257. The van der Waals surface area contributed by atoms with Crippen LogP contribution in [0, 0.1) is 5.82 Å². The number of hydrogen-bond donors (Lipinski definition) is 2. The summed E-state index contributed by atoms with van der Waals surface area (Å²) in [5, 5.41) is 11.3. The minimum absolute atomic E-state index is 0. The highest BCUT2D eigenvalue weighted by atomic mass is 127. The lowest BCUT2D eigenvalue weighted by Crippen LogP contribution is -2.46. The van der Waals surface area contributed by atoms with Gasteiger partial charge in [-0.2, -0.15) is 5.10 Å². The summed E-state index contributed by atoms with van der Waals surface area (Å²) in [6, 6.07) is 9.76. The Kier molecular flexibility index (Phi) is 8.95. The highest BCUT2D eigenvalue weighted by molar-refractivity contribution is 14.0. The van der Waals surface area contributed by atoms with Crippen molar-refractivity contribution in [1.29, 1.82) is 0 Å². The molecule has 3 heterocycles. The molecule has 1 unspecified atom stereocenters. The maximum absolute atomic E-state index is 13.1. The number of fused-ring (bicyclic) bond motifs is 1. The van der Waals surface area contributed by atoms with Gasteiger partial charge in [0.15, 0.2) is 11.8 Å². The van der Waals surface area contributed by atoms with E-state index in [1.807, 2.05) is 16.8 Å². The second kappa shape index (κ2) is 11.9. The summed E-state index contributed by atoms with van der Waals surface area (Å²) in [6.45, 7) is 1.68. The third-order valence-electron chi connectivity index (χ3n) is 5.04. The van der Waals surface area contributed by atoms with Crippen molar-refractivity contribution in [2.45, 2.75) is 38.6 Å². The molecule has 33 heavy (non-hydrogen) atoms. The standard InChI is InChI=1S/C22H26FN7O2.HI/c1-24-22(27-17-5-8-20-28-19(14-31-2)29-30(20)13-17)26-12-15-9-10-25-21(11-15)32-18-6-3-16(23)4-7-18;/h3-4,6-7,9-11,17H,5,8,12-14H2,1-2H3,(H2,24,26,27);1H. The molecule has 0 saturated carbocycles. The lowest BCUT2D eigenvalue weighted by molar-refractivity contribution is 0.177. The number of halogens is 2. The molecule has 1 atom stereocenters. The van der Waals surface area contributed by atoms with Crippen molar-refractivity contribution in [2.75, 3.05) is 14.2 Å². The molecule has 2 aromatic heterocycles. The van der Waals surface area contributed by atoms with Crippen LogP contribution >= 0.6 is 24.0 Å². The number of hydrogen-bond acceptors (Lipinski definition) is 6. The van der Waals surface area contributed by atoms with Gasteiger partial charge in [-0.1, -0.05) is 0 Å². The van der Waals surface area contributed by atoms with E-state index in [9.17, 15) is 4.39 Å². The van der Waals surface area contributed by atoms with E-state index < -0.39 is 0 Å². The second-order valence-corrected chi connectivity index (χ2v) is 7.42. The molecule has 9 nitrogen and oxygen atoms in total. The Bertz CT molecular complexity index is 1070. The topological polar surface area (TPSA) is 98.5 Å². The van der Waals surface area contributed by atoms with Crippen LogP contribution in [0.15, 0.2) is 47.6 Å². The van der Waals surface area contributed by atoms with Crippen molar-refractivity contribution in [2.24, 2.45) is 4.99 Å². The summed E-state index contributed by atoms with van der Waals surface area (Å²) in [7, 11) is 3.38. The monoisotopic (exact) mass is 567 g/mol. The van der Waals surface area contributed by atoms with Gasteiger partial charge in [-0.25, -0.2) is 19.0 Å². The normalized spacial score (nSPS) is 15.4. The number of aryl methyl sites for hydroxylation is 1. The van der Waals surface area contributed by atoms with Gasteiger partial charge in [-0.3, -0.25) is 4.99 Å². The molecule has 0 radical (unpaired) electrons. The molecule has 0 aliphatic carbocycles. The molecule has 0 fully saturated rings. The smallest absolute Gasteiger partial charge is 0.219 e. The molecule has 0 spiro atoms. The molecule has 1 aromatic carbocycles. The average molecular weight is 567 g/mol. The Morgan fingerprint density at radius 2 is 2.09 bits per heavy atom.